The molecule has 1 aliphatic rings. The topological polar surface area (TPSA) is 81.4 Å². The van der Waals surface area contributed by atoms with Crippen molar-refractivity contribution in [3.8, 4) is 5.75 Å². The standard InChI is InChI=1S/C17H23ClN2O3/c1-10-4-3-5-14(11(10)2)20-16(21)9-23-15-7-6-12(18)8-13(15)17(19)22/h6-8,10-11,14H,3-5,9H2,1-2H3,(H2,19,22)(H,20,21)/t10-,11-,14+/m1/s1. The third-order valence-corrected chi connectivity index (χ3v) is 4.85. The molecule has 0 heterocycles. The summed E-state index contributed by atoms with van der Waals surface area (Å²) in [4.78, 5) is 23.5. The third-order valence-electron chi connectivity index (χ3n) is 4.62. The van der Waals surface area contributed by atoms with E-state index < -0.39 is 5.91 Å². The zero-order chi connectivity index (χ0) is 17.0. The van der Waals surface area contributed by atoms with Gasteiger partial charge in [0.25, 0.3) is 11.8 Å². The van der Waals surface area contributed by atoms with Gasteiger partial charge < -0.3 is 15.8 Å². The number of nitrogens with two attached hydrogens (primary N) is 1. The van der Waals surface area contributed by atoms with E-state index in [0.717, 1.165) is 12.8 Å². The van der Waals surface area contributed by atoms with Gasteiger partial charge in [0.2, 0.25) is 0 Å². The molecular weight excluding hydrogens is 316 g/mol. The lowest BCUT2D eigenvalue weighted by Gasteiger charge is -2.34. The quantitative estimate of drug-likeness (QED) is 0.866. The van der Waals surface area contributed by atoms with E-state index in [-0.39, 0.29) is 29.9 Å². The minimum atomic E-state index is -0.641. The van der Waals surface area contributed by atoms with Crippen LogP contribution in [0.5, 0.6) is 5.75 Å². The second-order valence-electron chi connectivity index (χ2n) is 6.23. The number of nitrogens with one attached hydrogen (secondary N) is 1. The van der Waals surface area contributed by atoms with E-state index in [1.165, 1.54) is 12.5 Å². The van der Waals surface area contributed by atoms with Crippen LogP contribution in [-0.4, -0.2) is 24.5 Å². The molecule has 5 nitrogen and oxygen atoms in total. The molecule has 1 aromatic rings. The van der Waals surface area contributed by atoms with Gasteiger partial charge in [0.05, 0.1) is 5.56 Å². The van der Waals surface area contributed by atoms with Crippen LogP contribution in [0, 0.1) is 11.8 Å². The van der Waals surface area contributed by atoms with Crippen molar-refractivity contribution in [3.05, 3.63) is 28.8 Å². The van der Waals surface area contributed by atoms with E-state index in [9.17, 15) is 9.59 Å². The highest BCUT2D eigenvalue weighted by molar-refractivity contribution is 6.31. The van der Waals surface area contributed by atoms with E-state index in [0.29, 0.717) is 16.9 Å². The highest BCUT2D eigenvalue weighted by Crippen LogP contribution is 2.29. The fourth-order valence-electron chi connectivity index (χ4n) is 3.00. The molecule has 0 aromatic heterocycles. The second kappa shape index (κ2) is 7.68. The molecule has 0 radical (unpaired) electrons. The Bertz CT molecular complexity index is 591. The molecule has 2 rings (SSSR count). The molecule has 1 aromatic carbocycles. The Labute approximate surface area is 141 Å². The Morgan fingerprint density at radius 3 is 2.78 bits per heavy atom. The summed E-state index contributed by atoms with van der Waals surface area (Å²) in [7, 11) is 0. The van der Waals surface area contributed by atoms with E-state index >= 15 is 0 Å². The van der Waals surface area contributed by atoms with Crippen molar-refractivity contribution in [2.24, 2.45) is 17.6 Å². The SMILES string of the molecule is C[C@@H]1[C@H](C)CCC[C@@H]1NC(=O)COc1ccc(Cl)cc1C(N)=O. The van der Waals surface area contributed by atoms with Gasteiger partial charge >= 0.3 is 0 Å². The normalized spacial score (nSPS) is 24.0. The van der Waals surface area contributed by atoms with Gasteiger partial charge in [-0.3, -0.25) is 9.59 Å². The minimum absolute atomic E-state index is 0.153. The average Bonchev–Trinajstić information content (AvgIpc) is 2.50. The van der Waals surface area contributed by atoms with Crippen molar-refractivity contribution in [1.29, 1.82) is 0 Å². The van der Waals surface area contributed by atoms with Crippen molar-refractivity contribution in [3.63, 3.8) is 0 Å². The summed E-state index contributed by atoms with van der Waals surface area (Å²) in [6, 6.07) is 4.74. The summed E-state index contributed by atoms with van der Waals surface area (Å²) in [5, 5.41) is 3.41. The van der Waals surface area contributed by atoms with Gasteiger partial charge in [0, 0.05) is 11.1 Å². The maximum absolute atomic E-state index is 12.1. The first-order valence-corrected chi connectivity index (χ1v) is 8.27. The number of halogens is 1. The first-order valence-electron chi connectivity index (χ1n) is 7.90. The Kier molecular flexibility index (Phi) is 5.88. The van der Waals surface area contributed by atoms with Crippen LogP contribution in [0.3, 0.4) is 0 Å². The fraction of sp³-hybridized carbons (Fsp3) is 0.529. The molecule has 3 N–H and O–H groups in total. The number of carbonyl (C=O) groups is 2. The van der Waals surface area contributed by atoms with Crippen LogP contribution in [0.15, 0.2) is 18.2 Å². The Morgan fingerprint density at radius 1 is 1.35 bits per heavy atom. The number of amides is 2. The van der Waals surface area contributed by atoms with E-state index in [1.54, 1.807) is 12.1 Å². The lowest BCUT2D eigenvalue weighted by atomic mass is 9.78. The summed E-state index contributed by atoms with van der Waals surface area (Å²) in [6.07, 6.45) is 3.32. The Hall–Kier alpha value is -1.75. The van der Waals surface area contributed by atoms with Crippen molar-refractivity contribution < 1.29 is 14.3 Å². The zero-order valence-corrected chi connectivity index (χ0v) is 14.2. The number of ether oxygens (including phenoxy) is 1. The monoisotopic (exact) mass is 338 g/mol. The summed E-state index contributed by atoms with van der Waals surface area (Å²) >= 11 is 5.84. The van der Waals surface area contributed by atoms with Crippen LogP contribution in [0.2, 0.25) is 5.02 Å². The third kappa shape index (κ3) is 4.61. The van der Waals surface area contributed by atoms with Gasteiger partial charge in [-0.15, -0.1) is 0 Å². The number of hydrogen-bond donors (Lipinski definition) is 2. The predicted octanol–water partition coefficient (Wildman–Crippen LogP) is 2.76. The maximum atomic E-state index is 12.1. The molecule has 1 aliphatic carbocycles. The molecule has 1 saturated carbocycles. The smallest absolute Gasteiger partial charge is 0.258 e. The summed E-state index contributed by atoms with van der Waals surface area (Å²) in [6.45, 7) is 4.23. The second-order valence-corrected chi connectivity index (χ2v) is 6.67. The largest absolute Gasteiger partial charge is 0.483 e. The van der Waals surface area contributed by atoms with Gasteiger partial charge in [0.15, 0.2) is 6.61 Å². The lowest BCUT2D eigenvalue weighted by Crippen LogP contribution is -2.45. The molecule has 0 saturated heterocycles. The number of rotatable bonds is 5. The Morgan fingerprint density at radius 2 is 2.09 bits per heavy atom. The van der Waals surface area contributed by atoms with Crippen LogP contribution in [0.4, 0.5) is 0 Å². The fourth-order valence-corrected chi connectivity index (χ4v) is 3.17. The number of benzene rings is 1. The van der Waals surface area contributed by atoms with Gasteiger partial charge in [-0.25, -0.2) is 0 Å². The van der Waals surface area contributed by atoms with Crippen molar-refractivity contribution >= 4 is 23.4 Å². The molecule has 3 atom stereocenters. The number of primary amides is 1. The molecule has 1 fully saturated rings. The maximum Gasteiger partial charge on any atom is 0.258 e. The van der Waals surface area contributed by atoms with Crippen molar-refractivity contribution in [1.82, 2.24) is 5.32 Å². The average molecular weight is 339 g/mol. The van der Waals surface area contributed by atoms with Crippen LogP contribution in [-0.2, 0) is 4.79 Å². The van der Waals surface area contributed by atoms with E-state index in [2.05, 4.69) is 19.2 Å². The summed E-state index contributed by atoms with van der Waals surface area (Å²) in [5.74, 6) is 0.484. The van der Waals surface area contributed by atoms with Crippen LogP contribution in [0.1, 0.15) is 43.5 Å². The predicted molar refractivity (Wildman–Crippen MR) is 89.6 cm³/mol. The van der Waals surface area contributed by atoms with Gasteiger partial charge in [0.1, 0.15) is 5.75 Å². The van der Waals surface area contributed by atoms with Gasteiger partial charge in [-0.2, -0.15) is 0 Å². The molecule has 0 bridgehead atoms. The molecular formula is C17H23ClN2O3. The summed E-state index contributed by atoms with van der Waals surface area (Å²) < 4.78 is 5.45. The first-order chi connectivity index (χ1) is 10.9. The number of carbonyl (C=O) groups excluding carboxylic acids is 2. The summed E-state index contributed by atoms with van der Waals surface area (Å²) in [5.41, 5.74) is 5.47. The molecule has 0 aliphatic heterocycles. The first kappa shape index (κ1) is 17.6. The molecule has 0 spiro atoms. The molecule has 6 heteroatoms. The molecule has 126 valence electrons. The van der Waals surface area contributed by atoms with Crippen LogP contribution < -0.4 is 15.8 Å². The van der Waals surface area contributed by atoms with E-state index in [1.807, 2.05) is 0 Å². The highest BCUT2D eigenvalue weighted by atomic mass is 35.5. The van der Waals surface area contributed by atoms with Crippen LogP contribution >= 0.6 is 11.6 Å². The molecule has 23 heavy (non-hydrogen) atoms. The van der Waals surface area contributed by atoms with Crippen molar-refractivity contribution in [2.45, 2.75) is 39.2 Å². The number of hydrogen-bond acceptors (Lipinski definition) is 3. The molecule has 0 unspecified atom stereocenters. The van der Waals surface area contributed by atoms with Crippen molar-refractivity contribution in [2.75, 3.05) is 6.61 Å². The zero-order valence-electron chi connectivity index (χ0n) is 13.5. The van der Waals surface area contributed by atoms with Gasteiger partial charge in [-0.1, -0.05) is 38.3 Å². The lowest BCUT2D eigenvalue weighted by molar-refractivity contribution is -0.124. The van der Waals surface area contributed by atoms with Crippen LogP contribution in [0.25, 0.3) is 0 Å². The van der Waals surface area contributed by atoms with E-state index in [4.69, 9.17) is 22.1 Å². The Balaban J connectivity index is 1.93. The minimum Gasteiger partial charge on any atom is -0.483 e. The van der Waals surface area contributed by atoms with Gasteiger partial charge in [-0.05, 0) is 36.5 Å². The molecule has 2 amide bonds. The highest BCUT2D eigenvalue weighted by Gasteiger charge is 2.28.